The first-order chi connectivity index (χ1) is 23.8. The molecular formula is C37H52F2N2O9. The standard InChI is InChI=1S/C37H52F2N2O9/c1-36(2,3)50-35(45)40-13-12-37(49-24-29(43)23-42,27-8-11-32(38)33(39)20-27)31(22-40)34(44)41(28-9-10-28)21-26-17-25(7-6-14-46-4)18-30(19-26)48-16-15-47-5/h8,11,17-20,28-29,31,42-43H,6-7,9-10,12-16,21-24H2,1-5H3/t29?,31-,37+/m1/s1. The molecule has 2 aromatic carbocycles. The Morgan fingerprint density at radius 2 is 1.74 bits per heavy atom. The number of aryl methyl sites for hydroxylation is 1. The lowest BCUT2D eigenvalue weighted by molar-refractivity contribution is -0.174. The molecular weight excluding hydrogens is 654 g/mol. The Hall–Kier alpha value is -3.36. The number of rotatable bonds is 17. The summed E-state index contributed by atoms with van der Waals surface area (Å²) in [6, 6.07) is 9.13. The molecule has 4 rings (SSSR count). The molecule has 2 aliphatic rings. The smallest absolute Gasteiger partial charge is 0.410 e. The molecule has 1 saturated carbocycles. The third-order valence-electron chi connectivity index (χ3n) is 8.84. The minimum atomic E-state index is -1.58. The van der Waals surface area contributed by atoms with Crippen LogP contribution in [0, 0.1) is 17.6 Å². The first-order valence-electron chi connectivity index (χ1n) is 17.2. The Morgan fingerprint density at radius 1 is 1.02 bits per heavy atom. The number of hydrogen-bond donors (Lipinski definition) is 2. The summed E-state index contributed by atoms with van der Waals surface area (Å²) in [5.74, 6) is -3.01. The van der Waals surface area contributed by atoms with E-state index in [0.29, 0.717) is 25.6 Å². The molecule has 11 nitrogen and oxygen atoms in total. The van der Waals surface area contributed by atoms with E-state index < -0.39 is 47.6 Å². The summed E-state index contributed by atoms with van der Waals surface area (Å²) in [5.41, 5.74) is -0.342. The van der Waals surface area contributed by atoms with Gasteiger partial charge in [-0.2, -0.15) is 0 Å². The van der Waals surface area contributed by atoms with Crippen molar-refractivity contribution in [1.29, 1.82) is 0 Å². The Labute approximate surface area is 293 Å². The van der Waals surface area contributed by atoms with E-state index in [9.17, 15) is 23.8 Å². The summed E-state index contributed by atoms with van der Waals surface area (Å²) in [6.07, 6.45) is 1.14. The second kappa shape index (κ2) is 17.7. The Morgan fingerprint density at radius 3 is 2.38 bits per heavy atom. The van der Waals surface area contributed by atoms with Gasteiger partial charge in [-0.15, -0.1) is 0 Å². The number of aliphatic hydroxyl groups is 2. The lowest BCUT2D eigenvalue weighted by Gasteiger charge is -2.48. The predicted molar refractivity (Wildman–Crippen MR) is 181 cm³/mol. The topological polar surface area (TPSA) is 127 Å². The quantitative estimate of drug-likeness (QED) is 0.227. The summed E-state index contributed by atoms with van der Waals surface area (Å²) in [5, 5.41) is 19.9. The molecule has 1 aliphatic heterocycles. The number of nitrogens with zero attached hydrogens (tertiary/aromatic N) is 2. The number of carbonyl (C=O) groups is 2. The van der Waals surface area contributed by atoms with Crippen molar-refractivity contribution in [1.82, 2.24) is 9.80 Å². The van der Waals surface area contributed by atoms with Gasteiger partial charge >= 0.3 is 6.09 Å². The highest BCUT2D eigenvalue weighted by molar-refractivity contribution is 5.82. The molecule has 1 heterocycles. The number of halogens is 2. The Bertz CT molecular complexity index is 1410. The fraction of sp³-hybridized carbons (Fsp3) is 0.622. The van der Waals surface area contributed by atoms with Crippen LogP contribution in [-0.4, -0.2) is 110 Å². The van der Waals surface area contributed by atoms with Crippen molar-refractivity contribution in [2.45, 2.75) is 82.8 Å². The van der Waals surface area contributed by atoms with Gasteiger partial charge in [0.05, 0.1) is 25.7 Å². The molecule has 2 fully saturated rings. The number of benzene rings is 2. The molecule has 13 heteroatoms. The monoisotopic (exact) mass is 706 g/mol. The number of methoxy groups -OCH3 is 2. The lowest BCUT2D eigenvalue weighted by Crippen LogP contribution is -2.59. The molecule has 1 unspecified atom stereocenters. The fourth-order valence-corrected chi connectivity index (χ4v) is 6.24. The largest absolute Gasteiger partial charge is 0.491 e. The number of piperidine rings is 1. The van der Waals surface area contributed by atoms with E-state index in [1.165, 1.54) is 11.0 Å². The van der Waals surface area contributed by atoms with Crippen LogP contribution < -0.4 is 4.74 Å². The van der Waals surface area contributed by atoms with Crippen LogP contribution in [0.25, 0.3) is 0 Å². The van der Waals surface area contributed by atoms with Gasteiger partial charge < -0.3 is 43.7 Å². The number of carbonyl (C=O) groups excluding carboxylic acids is 2. The van der Waals surface area contributed by atoms with E-state index >= 15 is 4.79 Å². The van der Waals surface area contributed by atoms with E-state index in [1.807, 2.05) is 18.2 Å². The molecule has 50 heavy (non-hydrogen) atoms. The van der Waals surface area contributed by atoms with Crippen LogP contribution in [0.5, 0.6) is 5.75 Å². The van der Waals surface area contributed by atoms with Crippen LogP contribution in [0.1, 0.15) is 63.1 Å². The van der Waals surface area contributed by atoms with Crippen LogP contribution >= 0.6 is 0 Å². The third kappa shape index (κ3) is 10.6. The number of likely N-dealkylation sites (tertiary alicyclic amines) is 1. The van der Waals surface area contributed by atoms with Crippen molar-refractivity contribution >= 4 is 12.0 Å². The van der Waals surface area contributed by atoms with Crippen molar-refractivity contribution in [3.8, 4) is 5.75 Å². The first kappa shape index (κ1) is 39.4. The second-order valence-electron chi connectivity index (χ2n) is 14.0. The average molecular weight is 707 g/mol. The summed E-state index contributed by atoms with van der Waals surface area (Å²) < 4.78 is 57.5. The summed E-state index contributed by atoms with van der Waals surface area (Å²) in [6.45, 7) is 5.72. The normalized spacial score (nSPS) is 20.0. The van der Waals surface area contributed by atoms with Gasteiger partial charge in [-0.3, -0.25) is 4.79 Å². The SMILES string of the molecule is COCCCc1cc(CN(C(=O)[C@H]2CN(C(=O)OC(C)(C)C)CC[C@]2(OCC(O)CO)c2ccc(F)c(F)c2)C2CC2)cc(OCCOC)c1. The zero-order valence-electron chi connectivity index (χ0n) is 29.8. The first-order valence-corrected chi connectivity index (χ1v) is 17.2. The zero-order chi connectivity index (χ0) is 36.5. The molecule has 2 aromatic rings. The van der Waals surface area contributed by atoms with Gasteiger partial charge in [0.15, 0.2) is 11.6 Å². The lowest BCUT2D eigenvalue weighted by atomic mass is 9.74. The number of aliphatic hydroxyl groups excluding tert-OH is 2. The van der Waals surface area contributed by atoms with E-state index in [0.717, 1.165) is 48.9 Å². The summed E-state index contributed by atoms with van der Waals surface area (Å²) >= 11 is 0. The van der Waals surface area contributed by atoms with Crippen LogP contribution in [0.4, 0.5) is 13.6 Å². The fourth-order valence-electron chi connectivity index (χ4n) is 6.24. The minimum Gasteiger partial charge on any atom is -0.491 e. The molecule has 1 aliphatic carbocycles. The molecule has 278 valence electrons. The second-order valence-corrected chi connectivity index (χ2v) is 14.0. The molecule has 2 amide bonds. The summed E-state index contributed by atoms with van der Waals surface area (Å²) in [4.78, 5) is 31.6. The molecule has 3 atom stereocenters. The van der Waals surface area contributed by atoms with Crippen LogP contribution in [0.2, 0.25) is 0 Å². The maximum absolute atomic E-state index is 15.0. The number of amides is 2. The van der Waals surface area contributed by atoms with Gasteiger partial charge in [0, 0.05) is 46.5 Å². The van der Waals surface area contributed by atoms with Crippen molar-refractivity contribution in [3.05, 3.63) is 64.7 Å². The molecule has 0 bridgehead atoms. The van der Waals surface area contributed by atoms with E-state index in [2.05, 4.69) is 0 Å². The van der Waals surface area contributed by atoms with Gasteiger partial charge in [0.2, 0.25) is 5.91 Å². The van der Waals surface area contributed by atoms with Crippen molar-refractivity contribution in [2.75, 3.05) is 60.3 Å². The van der Waals surface area contributed by atoms with E-state index in [-0.39, 0.29) is 50.2 Å². The van der Waals surface area contributed by atoms with Crippen LogP contribution in [0.15, 0.2) is 36.4 Å². The van der Waals surface area contributed by atoms with Gasteiger partial charge in [0.25, 0.3) is 0 Å². The van der Waals surface area contributed by atoms with Crippen molar-refractivity contribution in [2.24, 2.45) is 5.92 Å². The van der Waals surface area contributed by atoms with Gasteiger partial charge in [-0.25, -0.2) is 13.6 Å². The van der Waals surface area contributed by atoms with Crippen molar-refractivity contribution < 1.29 is 52.3 Å². The third-order valence-corrected chi connectivity index (χ3v) is 8.84. The number of ether oxygens (including phenoxy) is 5. The Balaban J connectivity index is 1.76. The predicted octanol–water partition coefficient (Wildman–Crippen LogP) is 4.58. The molecule has 2 N–H and O–H groups in total. The van der Waals surface area contributed by atoms with Gasteiger partial charge in [-0.1, -0.05) is 12.1 Å². The highest BCUT2D eigenvalue weighted by atomic mass is 19.2. The summed E-state index contributed by atoms with van der Waals surface area (Å²) in [7, 11) is 3.25. The molecule has 0 radical (unpaired) electrons. The molecule has 1 saturated heterocycles. The molecule has 0 spiro atoms. The van der Waals surface area contributed by atoms with E-state index in [4.69, 9.17) is 23.7 Å². The average Bonchev–Trinajstić information content (AvgIpc) is 3.92. The minimum absolute atomic E-state index is 0.0108. The Kier molecular flexibility index (Phi) is 14.0. The van der Waals surface area contributed by atoms with Gasteiger partial charge in [0.1, 0.15) is 29.7 Å². The highest BCUT2D eigenvalue weighted by Gasteiger charge is 2.53. The number of hydrogen-bond acceptors (Lipinski definition) is 9. The maximum atomic E-state index is 15.0. The van der Waals surface area contributed by atoms with Crippen LogP contribution in [0.3, 0.4) is 0 Å². The van der Waals surface area contributed by atoms with Gasteiger partial charge in [-0.05, 0) is 93.8 Å². The highest BCUT2D eigenvalue weighted by Crippen LogP contribution is 2.45. The molecule has 0 aromatic heterocycles. The zero-order valence-corrected chi connectivity index (χ0v) is 29.8. The van der Waals surface area contributed by atoms with Crippen molar-refractivity contribution in [3.63, 3.8) is 0 Å². The maximum Gasteiger partial charge on any atom is 0.410 e. The van der Waals surface area contributed by atoms with E-state index in [1.54, 1.807) is 39.9 Å². The van der Waals surface area contributed by atoms with Crippen LogP contribution in [-0.2, 0) is 42.3 Å².